The number of amides is 1. The highest BCUT2D eigenvalue weighted by molar-refractivity contribution is 5.88. The summed E-state index contributed by atoms with van der Waals surface area (Å²) in [5.41, 5.74) is 4.88. The molecule has 0 heterocycles. The van der Waals surface area contributed by atoms with E-state index in [0.717, 1.165) is 19.3 Å². The average Bonchev–Trinajstić information content (AvgIpc) is 2.75. The summed E-state index contributed by atoms with van der Waals surface area (Å²) in [5.74, 6) is -0.537. The van der Waals surface area contributed by atoms with Crippen molar-refractivity contribution in [3.63, 3.8) is 0 Å². The van der Waals surface area contributed by atoms with Gasteiger partial charge in [-0.15, -0.1) is 0 Å². The first-order chi connectivity index (χ1) is 8.42. The number of nitrogens with two attached hydrogens (primary N) is 1. The molecule has 1 fully saturated rings. The highest BCUT2D eigenvalue weighted by Gasteiger charge is 2.38. The van der Waals surface area contributed by atoms with Gasteiger partial charge in [0.15, 0.2) is 0 Å². The Hall–Kier alpha value is -1.10. The molecular formula is C13H24N2O3. The second kappa shape index (κ2) is 6.18. The molecule has 0 aromatic rings. The van der Waals surface area contributed by atoms with Crippen LogP contribution in [0.15, 0.2) is 0 Å². The fraction of sp³-hybridized carbons (Fsp3) is 0.846. The zero-order valence-electron chi connectivity index (χ0n) is 11.5. The fourth-order valence-electron chi connectivity index (χ4n) is 2.57. The van der Waals surface area contributed by atoms with Crippen LogP contribution in [-0.2, 0) is 14.3 Å². The molecule has 1 amide bonds. The number of esters is 1. The van der Waals surface area contributed by atoms with Crippen molar-refractivity contribution < 1.29 is 14.3 Å². The Morgan fingerprint density at radius 3 is 2.56 bits per heavy atom. The van der Waals surface area contributed by atoms with Gasteiger partial charge in [0, 0.05) is 12.0 Å². The lowest BCUT2D eigenvalue weighted by Crippen LogP contribution is -2.54. The van der Waals surface area contributed by atoms with E-state index in [4.69, 9.17) is 10.5 Å². The molecule has 3 atom stereocenters. The smallest absolute Gasteiger partial charge is 0.331 e. The van der Waals surface area contributed by atoms with E-state index in [2.05, 4.69) is 5.32 Å². The molecule has 0 aromatic heterocycles. The third-order valence-corrected chi connectivity index (χ3v) is 3.63. The lowest BCUT2D eigenvalue weighted by Gasteiger charge is -2.28. The van der Waals surface area contributed by atoms with Gasteiger partial charge in [0.1, 0.15) is 5.54 Å². The van der Waals surface area contributed by atoms with E-state index in [0.29, 0.717) is 12.8 Å². The van der Waals surface area contributed by atoms with Crippen LogP contribution in [0.25, 0.3) is 0 Å². The standard InChI is InChI=1S/C13H24N2O3/c1-4-7-13(2,12(17)18-3)15-11(16)9-5-6-10(14)8-9/h9-10H,4-8,14H2,1-3H3,(H,15,16). The molecule has 1 aliphatic carbocycles. The number of nitrogens with one attached hydrogen (secondary N) is 1. The van der Waals surface area contributed by atoms with Crippen LogP contribution >= 0.6 is 0 Å². The molecule has 0 aromatic carbocycles. The summed E-state index contributed by atoms with van der Waals surface area (Å²) >= 11 is 0. The van der Waals surface area contributed by atoms with E-state index >= 15 is 0 Å². The molecule has 3 N–H and O–H groups in total. The molecule has 1 rings (SSSR count). The summed E-state index contributed by atoms with van der Waals surface area (Å²) in [7, 11) is 1.34. The molecular weight excluding hydrogens is 232 g/mol. The monoisotopic (exact) mass is 256 g/mol. The summed E-state index contributed by atoms with van der Waals surface area (Å²) in [5, 5.41) is 2.84. The minimum atomic E-state index is -0.923. The van der Waals surface area contributed by atoms with Gasteiger partial charge in [-0.3, -0.25) is 4.79 Å². The van der Waals surface area contributed by atoms with Crippen molar-refractivity contribution in [2.75, 3.05) is 7.11 Å². The highest BCUT2D eigenvalue weighted by atomic mass is 16.5. The molecule has 18 heavy (non-hydrogen) atoms. The van der Waals surface area contributed by atoms with Gasteiger partial charge in [-0.05, 0) is 32.6 Å². The van der Waals surface area contributed by atoms with E-state index in [1.807, 2.05) is 6.92 Å². The highest BCUT2D eigenvalue weighted by Crippen LogP contribution is 2.25. The largest absolute Gasteiger partial charge is 0.467 e. The molecule has 0 spiro atoms. The Morgan fingerprint density at radius 1 is 1.44 bits per heavy atom. The SMILES string of the molecule is CCCC(C)(NC(=O)C1CCC(N)C1)C(=O)OC. The van der Waals surface area contributed by atoms with Crippen molar-refractivity contribution in [2.45, 2.75) is 57.5 Å². The predicted molar refractivity (Wildman–Crippen MR) is 68.8 cm³/mol. The summed E-state index contributed by atoms with van der Waals surface area (Å²) < 4.78 is 4.77. The Kier molecular flexibility index (Phi) is 5.14. The lowest BCUT2D eigenvalue weighted by atomic mass is 9.94. The minimum absolute atomic E-state index is 0.0687. The van der Waals surface area contributed by atoms with Gasteiger partial charge in [0.2, 0.25) is 5.91 Å². The average molecular weight is 256 g/mol. The van der Waals surface area contributed by atoms with E-state index in [9.17, 15) is 9.59 Å². The first-order valence-corrected chi connectivity index (χ1v) is 6.59. The second-order valence-corrected chi connectivity index (χ2v) is 5.33. The number of hydrogen-bond acceptors (Lipinski definition) is 4. The van der Waals surface area contributed by atoms with Crippen LogP contribution < -0.4 is 11.1 Å². The second-order valence-electron chi connectivity index (χ2n) is 5.33. The van der Waals surface area contributed by atoms with Crippen LogP contribution in [0, 0.1) is 5.92 Å². The first kappa shape index (κ1) is 15.0. The molecule has 0 bridgehead atoms. The van der Waals surface area contributed by atoms with Crippen molar-refractivity contribution >= 4 is 11.9 Å². The maximum absolute atomic E-state index is 12.1. The van der Waals surface area contributed by atoms with Crippen LogP contribution in [0.1, 0.15) is 46.0 Å². The Balaban J connectivity index is 2.66. The normalized spacial score (nSPS) is 26.4. The van der Waals surface area contributed by atoms with Gasteiger partial charge in [-0.2, -0.15) is 0 Å². The van der Waals surface area contributed by atoms with E-state index in [1.165, 1.54) is 7.11 Å². The van der Waals surface area contributed by atoms with E-state index in [-0.39, 0.29) is 23.8 Å². The van der Waals surface area contributed by atoms with Gasteiger partial charge in [-0.25, -0.2) is 4.79 Å². The van der Waals surface area contributed by atoms with E-state index < -0.39 is 5.54 Å². The van der Waals surface area contributed by atoms with E-state index in [1.54, 1.807) is 6.92 Å². The minimum Gasteiger partial charge on any atom is -0.467 e. The molecule has 1 aliphatic rings. The van der Waals surface area contributed by atoms with Crippen molar-refractivity contribution in [2.24, 2.45) is 11.7 Å². The van der Waals surface area contributed by atoms with Gasteiger partial charge in [-0.1, -0.05) is 13.3 Å². The van der Waals surface area contributed by atoms with Crippen LogP contribution in [0.3, 0.4) is 0 Å². The Morgan fingerprint density at radius 2 is 2.11 bits per heavy atom. The van der Waals surface area contributed by atoms with Gasteiger partial charge >= 0.3 is 5.97 Å². The van der Waals surface area contributed by atoms with Crippen molar-refractivity contribution in [3.05, 3.63) is 0 Å². The van der Waals surface area contributed by atoms with Crippen LogP contribution in [0.4, 0.5) is 0 Å². The fourth-order valence-corrected chi connectivity index (χ4v) is 2.57. The molecule has 0 radical (unpaired) electrons. The third-order valence-electron chi connectivity index (χ3n) is 3.63. The number of methoxy groups -OCH3 is 1. The predicted octanol–water partition coefficient (Wildman–Crippen LogP) is 0.962. The molecule has 3 unspecified atom stereocenters. The summed E-state index contributed by atoms with van der Waals surface area (Å²) in [6.07, 6.45) is 3.76. The maximum atomic E-state index is 12.1. The summed E-state index contributed by atoms with van der Waals surface area (Å²) in [6.45, 7) is 3.69. The van der Waals surface area contributed by atoms with Crippen molar-refractivity contribution in [1.82, 2.24) is 5.32 Å². The van der Waals surface area contributed by atoms with Crippen LogP contribution in [0.2, 0.25) is 0 Å². The lowest BCUT2D eigenvalue weighted by molar-refractivity contribution is -0.151. The quantitative estimate of drug-likeness (QED) is 0.718. The number of ether oxygens (including phenoxy) is 1. The summed E-state index contributed by atoms with van der Waals surface area (Å²) in [4.78, 5) is 23.9. The Bertz CT molecular complexity index is 319. The van der Waals surface area contributed by atoms with Gasteiger partial charge in [0.05, 0.1) is 7.11 Å². The molecule has 104 valence electrons. The molecule has 5 heteroatoms. The third kappa shape index (κ3) is 3.45. The maximum Gasteiger partial charge on any atom is 0.331 e. The van der Waals surface area contributed by atoms with Gasteiger partial charge < -0.3 is 15.8 Å². The van der Waals surface area contributed by atoms with Crippen LogP contribution in [-0.4, -0.2) is 30.6 Å². The van der Waals surface area contributed by atoms with Crippen LogP contribution in [0.5, 0.6) is 0 Å². The van der Waals surface area contributed by atoms with Crippen molar-refractivity contribution in [1.29, 1.82) is 0 Å². The number of carbonyl (C=O) groups excluding carboxylic acids is 2. The van der Waals surface area contributed by atoms with Gasteiger partial charge in [0.25, 0.3) is 0 Å². The molecule has 1 saturated carbocycles. The molecule has 0 aliphatic heterocycles. The zero-order chi connectivity index (χ0) is 13.8. The Labute approximate surface area is 108 Å². The first-order valence-electron chi connectivity index (χ1n) is 6.59. The topological polar surface area (TPSA) is 81.4 Å². The zero-order valence-corrected chi connectivity index (χ0v) is 11.5. The molecule has 5 nitrogen and oxygen atoms in total. The van der Waals surface area contributed by atoms with Crippen molar-refractivity contribution in [3.8, 4) is 0 Å². The number of hydrogen-bond donors (Lipinski definition) is 2. The summed E-state index contributed by atoms with van der Waals surface area (Å²) in [6, 6.07) is 0.108. The number of carbonyl (C=O) groups is 2. The number of rotatable bonds is 5. The molecule has 0 saturated heterocycles.